The van der Waals surface area contributed by atoms with Gasteiger partial charge in [-0.05, 0) is 12.5 Å². The largest absolute Gasteiger partial charge is 0.212 e. The predicted molar refractivity (Wildman–Crippen MR) is 40.1 cm³/mol. The van der Waals surface area contributed by atoms with Crippen molar-refractivity contribution >= 4 is 11.6 Å². The second kappa shape index (κ2) is 2.90. The summed E-state index contributed by atoms with van der Waals surface area (Å²) in [6.45, 7) is 0. The molecule has 0 radical (unpaired) electrons. The fourth-order valence-electron chi connectivity index (χ4n) is 0.791. The van der Waals surface area contributed by atoms with Crippen LogP contribution in [0.1, 0.15) is 12.8 Å². The van der Waals surface area contributed by atoms with Crippen LogP contribution < -0.4 is 0 Å². The molecular formula is C8H6ClF. The molecule has 1 aliphatic carbocycles. The Hall–Kier alpha value is -0.740. The molecule has 0 unspecified atom stereocenters. The molecule has 2 heteroatoms. The first-order valence-electron chi connectivity index (χ1n) is 2.95. The van der Waals surface area contributed by atoms with Crippen molar-refractivity contribution in [3.8, 4) is 12.3 Å². The molecule has 0 aliphatic heterocycles. The zero-order chi connectivity index (χ0) is 7.56. The molecule has 0 saturated heterocycles. The van der Waals surface area contributed by atoms with E-state index in [0.717, 1.165) is 0 Å². The van der Waals surface area contributed by atoms with Crippen molar-refractivity contribution in [3.63, 3.8) is 0 Å². The minimum atomic E-state index is -0.183. The Bertz CT molecular complexity index is 242. The van der Waals surface area contributed by atoms with Crippen LogP contribution in [0.15, 0.2) is 22.5 Å². The van der Waals surface area contributed by atoms with Gasteiger partial charge in [0.2, 0.25) is 0 Å². The third-order valence-corrected chi connectivity index (χ3v) is 1.72. The van der Waals surface area contributed by atoms with E-state index in [9.17, 15) is 4.39 Å². The first-order valence-corrected chi connectivity index (χ1v) is 3.33. The lowest BCUT2D eigenvalue weighted by Gasteiger charge is -2.06. The van der Waals surface area contributed by atoms with E-state index in [1.54, 1.807) is 0 Å². The Morgan fingerprint density at radius 1 is 1.60 bits per heavy atom. The highest BCUT2D eigenvalue weighted by atomic mass is 35.5. The van der Waals surface area contributed by atoms with Crippen LogP contribution in [0.5, 0.6) is 0 Å². The minimum absolute atomic E-state index is 0.183. The van der Waals surface area contributed by atoms with Crippen LogP contribution in [-0.2, 0) is 0 Å². The van der Waals surface area contributed by atoms with Gasteiger partial charge in [0.25, 0.3) is 0 Å². The zero-order valence-corrected chi connectivity index (χ0v) is 6.08. The van der Waals surface area contributed by atoms with Gasteiger partial charge >= 0.3 is 0 Å². The van der Waals surface area contributed by atoms with Crippen molar-refractivity contribution in [2.75, 3.05) is 0 Å². The van der Waals surface area contributed by atoms with E-state index < -0.39 is 0 Å². The molecule has 10 heavy (non-hydrogen) atoms. The third kappa shape index (κ3) is 1.40. The van der Waals surface area contributed by atoms with Gasteiger partial charge in [-0.15, -0.1) is 6.42 Å². The Labute approximate surface area is 64.4 Å². The van der Waals surface area contributed by atoms with Crippen LogP contribution in [-0.4, -0.2) is 0 Å². The summed E-state index contributed by atoms with van der Waals surface area (Å²) in [5.74, 6) is 2.13. The first kappa shape index (κ1) is 7.37. The first-order chi connectivity index (χ1) is 4.74. The normalized spacial score (nSPS) is 18.3. The molecule has 0 aromatic rings. The van der Waals surface area contributed by atoms with Gasteiger partial charge in [-0.2, -0.15) is 0 Å². The second-order valence-corrected chi connectivity index (χ2v) is 2.51. The lowest BCUT2D eigenvalue weighted by molar-refractivity contribution is 0.584. The summed E-state index contributed by atoms with van der Waals surface area (Å²) in [5, 5.41) is 0.587. The highest BCUT2D eigenvalue weighted by Crippen LogP contribution is 2.26. The summed E-state index contributed by atoms with van der Waals surface area (Å²) in [4.78, 5) is 0. The van der Waals surface area contributed by atoms with Crippen LogP contribution >= 0.6 is 11.6 Å². The summed E-state index contributed by atoms with van der Waals surface area (Å²) in [5.41, 5.74) is 0.477. The third-order valence-electron chi connectivity index (χ3n) is 1.33. The summed E-state index contributed by atoms with van der Waals surface area (Å²) in [6.07, 6.45) is 7.27. The molecule has 52 valence electrons. The molecule has 0 heterocycles. The molecule has 0 fully saturated rings. The standard InChI is InChI=1S/C8H6ClF/c1-2-6-5-7(10)3-4-8(6)9/h1,5H,3-4H2. The quantitative estimate of drug-likeness (QED) is 0.473. The van der Waals surface area contributed by atoms with Crippen LogP contribution in [0.25, 0.3) is 0 Å². The maximum atomic E-state index is 12.5. The summed E-state index contributed by atoms with van der Waals surface area (Å²) >= 11 is 5.67. The lowest BCUT2D eigenvalue weighted by Crippen LogP contribution is -1.90. The molecule has 0 saturated carbocycles. The van der Waals surface area contributed by atoms with E-state index in [-0.39, 0.29) is 5.83 Å². The number of hydrogen-bond donors (Lipinski definition) is 0. The van der Waals surface area contributed by atoms with Crippen LogP contribution in [0.2, 0.25) is 0 Å². The molecule has 0 spiro atoms. The fourth-order valence-corrected chi connectivity index (χ4v) is 0.994. The Balaban J connectivity index is 2.95. The van der Waals surface area contributed by atoms with Crippen molar-refractivity contribution in [2.24, 2.45) is 0 Å². The lowest BCUT2D eigenvalue weighted by atomic mass is 10.1. The SMILES string of the molecule is C#CC1=C(Cl)CCC(F)=C1. The van der Waals surface area contributed by atoms with Gasteiger partial charge < -0.3 is 0 Å². The maximum Gasteiger partial charge on any atom is 0.102 e. The van der Waals surface area contributed by atoms with E-state index in [4.69, 9.17) is 18.0 Å². The topological polar surface area (TPSA) is 0 Å². The van der Waals surface area contributed by atoms with Crippen molar-refractivity contribution in [1.82, 2.24) is 0 Å². The summed E-state index contributed by atoms with van der Waals surface area (Å²) in [6, 6.07) is 0. The highest BCUT2D eigenvalue weighted by molar-refractivity contribution is 6.30. The fraction of sp³-hybridized carbons (Fsp3) is 0.250. The number of allylic oxidation sites excluding steroid dienone is 4. The molecular weight excluding hydrogens is 151 g/mol. The van der Waals surface area contributed by atoms with Crippen molar-refractivity contribution in [3.05, 3.63) is 22.5 Å². The molecule has 0 amide bonds. The van der Waals surface area contributed by atoms with Gasteiger partial charge in [-0.1, -0.05) is 17.5 Å². The number of halogens is 2. The average molecular weight is 157 g/mol. The molecule has 0 aromatic carbocycles. The van der Waals surface area contributed by atoms with Crippen LogP contribution in [0, 0.1) is 12.3 Å². The van der Waals surface area contributed by atoms with Crippen molar-refractivity contribution < 1.29 is 4.39 Å². The van der Waals surface area contributed by atoms with Gasteiger partial charge in [-0.3, -0.25) is 0 Å². The number of terminal acetylenes is 1. The van der Waals surface area contributed by atoms with Crippen molar-refractivity contribution in [1.29, 1.82) is 0 Å². The van der Waals surface area contributed by atoms with E-state index in [2.05, 4.69) is 5.92 Å². The second-order valence-electron chi connectivity index (χ2n) is 2.05. The van der Waals surface area contributed by atoms with Crippen LogP contribution in [0.4, 0.5) is 4.39 Å². The smallest absolute Gasteiger partial charge is 0.102 e. The number of hydrogen-bond acceptors (Lipinski definition) is 0. The predicted octanol–water partition coefficient (Wildman–Crippen LogP) is 2.76. The van der Waals surface area contributed by atoms with E-state index >= 15 is 0 Å². The van der Waals surface area contributed by atoms with Gasteiger partial charge in [-0.25, -0.2) is 4.39 Å². The van der Waals surface area contributed by atoms with Crippen LogP contribution in [0.3, 0.4) is 0 Å². The van der Waals surface area contributed by atoms with Gasteiger partial charge in [0.15, 0.2) is 0 Å². The van der Waals surface area contributed by atoms with Gasteiger partial charge in [0.1, 0.15) is 5.83 Å². The van der Waals surface area contributed by atoms with Gasteiger partial charge in [0, 0.05) is 17.0 Å². The zero-order valence-electron chi connectivity index (χ0n) is 5.32. The summed E-state index contributed by atoms with van der Waals surface area (Å²) < 4.78 is 12.5. The Morgan fingerprint density at radius 2 is 2.30 bits per heavy atom. The summed E-state index contributed by atoms with van der Waals surface area (Å²) in [7, 11) is 0. The maximum absolute atomic E-state index is 12.5. The molecule has 0 aromatic heterocycles. The molecule has 0 bridgehead atoms. The number of rotatable bonds is 0. The monoisotopic (exact) mass is 156 g/mol. The van der Waals surface area contributed by atoms with E-state index in [1.165, 1.54) is 6.08 Å². The van der Waals surface area contributed by atoms with Gasteiger partial charge in [0.05, 0.1) is 0 Å². The molecule has 0 nitrogen and oxygen atoms in total. The van der Waals surface area contributed by atoms with E-state index in [1.807, 2.05) is 0 Å². The molecule has 0 atom stereocenters. The Kier molecular flexibility index (Phi) is 2.13. The molecule has 1 rings (SSSR count). The van der Waals surface area contributed by atoms with E-state index in [0.29, 0.717) is 23.4 Å². The van der Waals surface area contributed by atoms with Crippen molar-refractivity contribution in [2.45, 2.75) is 12.8 Å². The molecule has 1 aliphatic rings. The average Bonchev–Trinajstić information content (AvgIpc) is 1.94. The molecule has 0 N–H and O–H groups in total. The Morgan fingerprint density at radius 3 is 2.80 bits per heavy atom. The minimum Gasteiger partial charge on any atom is -0.212 e. The highest BCUT2D eigenvalue weighted by Gasteiger charge is 2.08.